The van der Waals surface area contributed by atoms with Crippen LogP contribution < -0.4 is 0 Å². The molecule has 0 aliphatic heterocycles. The van der Waals surface area contributed by atoms with E-state index in [-0.39, 0.29) is 10.8 Å². The van der Waals surface area contributed by atoms with Crippen molar-refractivity contribution in [1.82, 2.24) is 4.57 Å². The molecular formula is C51H47N. The normalized spacial score (nSPS) is 14.0. The zero-order chi connectivity index (χ0) is 36.2. The zero-order valence-corrected chi connectivity index (χ0v) is 31.5. The van der Waals surface area contributed by atoms with E-state index in [1.807, 2.05) is 0 Å². The van der Waals surface area contributed by atoms with Crippen molar-refractivity contribution in [1.29, 1.82) is 0 Å². The van der Waals surface area contributed by atoms with Crippen LogP contribution in [0.2, 0.25) is 0 Å². The molecule has 0 unspecified atom stereocenters. The largest absolute Gasteiger partial charge is 0.309 e. The molecule has 0 amide bonds. The Morgan fingerprint density at radius 2 is 0.769 bits per heavy atom. The first-order valence-corrected chi connectivity index (χ1v) is 18.5. The fourth-order valence-electron chi connectivity index (χ4n) is 8.60. The Kier molecular flexibility index (Phi) is 8.26. The van der Waals surface area contributed by atoms with Gasteiger partial charge >= 0.3 is 0 Å². The Morgan fingerprint density at radius 1 is 0.346 bits per heavy atom. The Bertz CT molecular complexity index is 2490. The van der Waals surface area contributed by atoms with Gasteiger partial charge in [-0.2, -0.15) is 0 Å². The first-order valence-electron chi connectivity index (χ1n) is 18.5. The summed E-state index contributed by atoms with van der Waals surface area (Å²) in [6, 6.07) is 57.0. The number of hydrogen-bond donors (Lipinski definition) is 0. The summed E-state index contributed by atoms with van der Waals surface area (Å²) >= 11 is 0. The van der Waals surface area contributed by atoms with Gasteiger partial charge in [-0.15, -0.1) is 0 Å². The summed E-state index contributed by atoms with van der Waals surface area (Å²) in [5.41, 5.74) is 19.5. The predicted octanol–water partition coefficient (Wildman–Crippen LogP) is 13.7. The van der Waals surface area contributed by atoms with Gasteiger partial charge in [0.15, 0.2) is 0 Å². The second-order valence-corrected chi connectivity index (χ2v) is 15.6. The lowest BCUT2D eigenvalue weighted by Crippen LogP contribution is -2.14. The second kappa shape index (κ2) is 12.8. The maximum atomic E-state index is 2.34. The number of para-hydroxylation sites is 2. The fourth-order valence-corrected chi connectivity index (χ4v) is 8.60. The molecule has 0 radical (unpaired) electrons. The topological polar surface area (TPSA) is 4.93 Å². The molecule has 256 valence electrons. The maximum absolute atomic E-state index is 2.34. The Balaban J connectivity index is 0.000000113. The SMILES string of the molecule is Cc1ccc2c(c1)-c1ccccc1C2(C)C.Cc1ccc2c(c1)-c1ccccc1C2(C)C.Cc1ccc2c3ccccc3n(-c3ccccc3)c2c1. The number of aryl methyl sites for hydroxylation is 3. The molecule has 0 spiro atoms. The lowest BCUT2D eigenvalue weighted by molar-refractivity contribution is 0.660. The number of aromatic nitrogens is 1. The summed E-state index contributed by atoms with van der Waals surface area (Å²) in [5, 5.41) is 2.63. The number of nitrogens with zero attached hydrogens (tertiary/aromatic N) is 1. The lowest BCUT2D eigenvalue weighted by Gasteiger charge is -2.21. The molecule has 0 N–H and O–H groups in total. The molecule has 0 saturated carbocycles. The highest BCUT2D eigenvalue weighted by molar-refractivity contribution is 6.09. The van der Waals surface area contributed by atoms with Crippen LogP contribution in [0.4, 0.5) is 0 Å². The third-order valence-electron chi connectivity index (χ3n) is 11.3. The van der Waals surface area contributed by atoms with Gasteiger partial charge in [0.05, 0.1) is 11.0 Å². The second-order valence-electron chi connectivity index (χ2n) is 15.6. The van der Waals surface area contributed by atoms with Crippen molar-refractivity contribution in [2.24, 2.45) is 0 Å². The molecule has 2 aliphatic rings. The summed E-state index contributed by atoms with van der Waals surface area (Å²) in [4.78, 5) is 0. The number of benzene rings is 7. The van der Waals surface area contributed by atoms with E-state index in [0.717, 1.165) is 0 Å². The molecule has 8 aromatic rings. The fraction of sp³-hybridized carbons (Fsp3) is 0.176. The van der Waals surface area contributed by atoms with Crippen LogP contribution in [0, 0.1) is 20.8 Å². The van der Waals surface area contributed by atoms with Gasteiger partial charge in [0, 0.05) is 27.3 Å². The summed E-state index contributed by atoms with van der Waals surface area (Å²) in [6.07, 6.45) is 0. The van der Waals surface area contributed by atoms with Crippen LogP contribution in [0.1, 0.15) is 66.6 Å². The summed E-state index contributed by atoms with van der Waals surface area (Å²) in [6.45, 7) is 15.7. The molecule has 52 heavy (non-hydrogen) atoms. The van der Waals surface area contributed by atoms with Crippen molar-refractivity contribution >= 4 is 21.8 Å². The van der Waals surface area contributed by atoms with Crippen molar-refractivity contribution in [2.75, 3.05) is 0 Å². The first-order chi connectivity index (χ1) is 25.1. The summed E-state index contributed by atoms with van der Waals surface area (Å²) in [7, 11) is 0. The van der Waals surface area contributed by atoms with Gasteiger partial charge in [-0.1, -0.05) is 172 Å². The molecular weight excluding hydrogens is 627 g/mol. The minimum Gasteiger partial charge on any atom is -0.309 e. The summed E-state index contributed by atoms with van der Waals surface area (Å²) < 4.78 is 2.34. The smallest absolute Gasteiger partial charge is 0.0543 e. The third-order valence-corrected chi connectivity index (χ3v) is 11.3. The summed E-state index contributed by atoms with van der Waals surface area (Å²) in [5.74, 6) is 0. The highest BCUT2D eigenvalue weighted by atomic mass is 15.0. The van der Waals surface area contributed by atoms with Crippen LogP contribution in [-0.4, -0.2) is 4.57 Å². The Hall–Kier alpha value is -5.66. The monoisotopic (exact) mass is 673 g/mol. The lowest BCUT2D eigenvalue weighted by atomic mass is 9.82. The van der Waals surface area contributed by atoms with Gasteiger partial charge in [-0.3, -0.25) is 0 Å². The Morgan fingerprint density at radius 3 is 1.35 bits per heavy atom. The van der Waals surface area contributed by atoms with Gasteiger partial charge in [-0.25, -0.2) is 0 Å². The van der Waals surface area contributed by atoms with Crippen LogP contribution in [-0.2, 0) is 10.8 Å². The Labute approximate surface area is 309 Å². The standard InChI is InChI=1S/C19H15N.2C16H16/c1-14-11-12-17-16-9-5-6-10-18(16)20(19(17)13-14)15-7-3-2-4-8-15;2*1-11-8-9-15-13(10-11)12-6-4-5-7-14(12)16(15,2)3/h2-13H,1H3;2*4-10H,1-3H3. The van der Waals surface area contributed by atoms with Gasteiger partial charge in [0.25, 0.3) is 0 Å². The van der Waals surface area contributed by atoms with Crippen molar-refractivity contribution in [3.05, 3.63) is 197 Å². The molecule has 0 bridgehead atoms. The van der Waals surface area contributed by atoms with E-state index in [2.05, 4.69) is 211 Å². The molecule has 10 rings (SSSR count). The number of hydrogen-bond acceptors (Lipinski definition) is 0. The molecule has 0 atom stereocenters. The average Bonchev–Trinajstić information content (AvgIpc) is 3.68. The first kappa shape index (κ1) is 33.5. The maximum Gasteiger partial charge on any atom is 0.0543 e. The molecule has 7 aromatic carbocycles. The van der Waals surface area contributed by atoms with Crippen molar-refractivity contribution in [3.8, 4) is 27.9 Å². The molecule has 0 fully saturated rings. The molecule has 1 aromatic heterocycles. The van der Waals surface area contributed by atoms with E-state index in [1.54, 1.807) is 0 Å². The van der Waals surface area contributed by atoms with E-state index >= 15 is 0 Å². The molecule has 1 heterocycles. The van der Waals surface area contributed by atoms with Crippen LogP contribution in [0.5, 0.6) is 0 Å². The van der Waals surface area contributed by atoms with E-state index in [9.17, 15) is 0 Å². The van der Waals surface area contributed by atoms with Crippen molar-refractivity contribution < 1.29 is 0 Å². The van der Waals surface area contributed by atoms with E-state index in [4.69, 9.17) is 0 Å². The van der Waals surface area contributed by atoms with Crippen molar-refractivity contribution in [3.63, 3.8) is 0 Å². The quantitative estimate of drug-likeness (QED) is 0.163. The van der Waals surface area contributed by atoms with Gasteiger partial charge in [0.2, 0.25) is 0 Å². The van der Waals surface area contributed by atoms with Gasteiger partial charge < -0.3 is 4.57 Å². The molecule has 1 heteroatoms. The third kappa shape index (κ3) is 5.56. The zero-order valence-electron chi connectivity index (χ0n) is 31.5. The predicted molar refractivity (Wildman–Crippen MR) is 223 cm³/mol. The highest BCUT2D eigenvalue weighted by Crippen LogP contribution is 2.49. The van der Waals surface area contributed by atoms with E-state index in [1.165, 1.54) is 88.7 Å². The highest BCUT2D eigenvalue weighted by Gasteiger charge is 2.35. The van der Waals surface area contributed by atoms with Crippen LogP contribution in [0.25, 0.3) is 49.7 Å². The van der Waals surface area contributed by atoms with E-state index < -0.39 is 0 Å². The van der Waals surface area contributed by atoms with Crippen LogP contribution in [0.15, 0.2) is 158 Å². The molecule has 1 nitrogen and oxygen atoms in total. The number of fused-ring (bicyclic) bond motifs is 9. The molecule has 2 aliphatic carbocycles. The van der Waals surface area contributed by atoms with E-state index in [0.29, 0.717) is 0 Å². The van der Waals surface area contributed by atoms with Gasteiger partial charge in [0.1, 0.15) is 0 Å². The van der Waals surface area contributed by atoms with Crippen LogP contribution >= 0.6 is 0 Å². The van der Waals surface area contributed by atoms with Crippen molar-refractivity contribution in [2.45, 2.75) is 59.3 Å². The van der Waals surface area contributed by atoms with Crippen LogP contribution in [0.3, 0.4) is 0 Å². The minimum absolute atomic E-state index is 0.152. The average molecular weight is 674 g/mol. The number of rotatable bonds is 1. The molecule has 0 saturated heterocycles. The minimum atomic E-state index is 0.152. The van der Waals surface area contributed by atoms with Gasteiger partial charge in [-0.05, 0) is 95.1 Å².